The lowest BCUT2D eigenvalue weighted by atomic mass is 9.77. The fourth-order valence-corrected chi connectivity index (χ4v) is 5.45. The maximum atomic E-state index is 12.6. The van der Waals surface area contributed by atoms with Crippen LogP contribution in [0.15, 0.2) is 12.1 Å². The van der Waals surface area contributed by atoms with Gasteiger partial charge in [-0.15, -0.1) is 0 Å². The first-order valence-corrected chi connectivity index (χ1v) is 13.7. The van der Waals surface area contributed by atoms with E-state index >= 15 is 0 Å². The average molecular weight is 475 g/mol. The summed E-state index contributed by atoms with van der Waals surface area (Å²) in [4.78, 5) is 12.6. The van der Waals surface area contributed by atoms with E-state index in [9.17, 15) is 9.90 Å². The maximum absolute atomic E-state index is 12.6. The predicted octanol–water partition coefficient (Wildman–Crippen LogP) is 8.79. The number of aliphatic carboxylic acids is 1. The van der Waals surface area contributed by atoms with Crippen LogP contribution in [0, 0.1) is 0 Å². The molecule has 1 heterocycles. The van der Waals surface area contributed by atoms with Crippen LogP contribution in [0.1, 0.15) is 143 Å². The monoisotopic (exact) mass is 474 g/mol. The number of benzene rings is 1. The van der Waals surface area contributed by atoms with E-state index in [0.717, 1.165) is 67.6 Å². The highest BCUT2D eigenvalue weighted by Crippen LogP contribution is 2.48. The second kappa shape index (κ2) is 11.8. The molecular weight excluding hydrogens is 424 g/mol. The molecule has 1 aliphatic heterocycles. The molecule has 2 atom stereocenters. The molecule has 194 valence electrons. The zero-order chi connectivity index (χ0) is 25.6. The molecule has 0 amide bonds. The highest BCUT2D eigenvalue weighted by molar-refractivity contribution is 5.78. The van der Waals surface area contributed by atoms with Gasteiger partial charge in [0, 0.05) is 11.1 Å². The number of carboxylic acid groups (broad SMARTS) is 1. The Morgan fingerprint density at radius 1 is 1.06 bits per heavy atom. The molecule has 0 bridgehead atoms. The molecule has 0 aromatic heterocycles. The molecule has 0 spiro atoms. The minimum Gasteiger partial charge on any atom is -0.488 e. The van der Waals surface area contributed by atoms with Gasteiger partial charge in [-0.25, -0.2) is 4.79 Å². The van der Waals surface area contributed by atoms with Crippen LogP contribution in [-0.4, -0.2) is 22.3 Å². The Morgan fingerprint density at radius 3 is 2.26 bits per heavy atom. The van der Waals surface area contributed by atoms with Crippen molar-refractivity contribution in [1.82, 2.24) is 0 Å². The topological polar surface area (TPSA) is 55.8 Å². The van der Waals surface area contributed by atoms with Gasteiger partial charge in [-0.3, -0.25) is 0 Å². The SMILES string of the molecule is CCCCCCC(CC)(Oc1cc2c(cc1C(C)(C)CCCCC)OC(C)(C)CC2C)C(=O)O. The summed E-state index contributed by atoms with van der Waals surface area (Å²) < 4.78 is 13.1. The Morgan fingerprint density at radius 2 is 1.68 bits per heavy atom. The van der Waals surface area contributed by atoms with E-state index in [1.54, 1.807) is 0 Å². The van der Waals surface area contributed by atoms with Crippen molar-refractivity contribution in [2.45, 2.75) is 149 Å². The van der Waals surface area contributed by atoms with Gasteiger partial charge < -0.3 is 14.6 Å². The highest BCUT2D eigenvalue weighted by Gasteiger charge is 2.41. The summed E-state index contributed by atoms with van der Waals surface area (Å²) in [5.41, 5.74) is 0.636. The number of ether oxygens (including phenoxy) is 2. The molecule has 1 N–H and O–H groups in total. The van der Waals surface area contributed by atoms with E-state index in [1.807, 2.05) is 6.92 Å². The molecule has 0 fully saturated rings. The molecule has 1 aromatic rings. The van der Waals surface area contributed by atoms with E-state index in [4.69, 9.17) is 9.47 Å². The maximum Gasteiger partial charge on any atom is 0.348 e. The number of carbonyl (C=O) groups is 1. The van der Waals surface area contributed by atoms with Gasteiger partial charge in [0.05, 0.1) is 0 Å². The molecule has 1 aliphatic rings. The zero-order valence-electron chi connectivity index (χ0n) is 23.2. The van der Waals surface area contributed by atoms with Crippen LogP contribution in [0.25, 0.3) is 0 Å². The molecule has 34 heavy (non-hydrogen) atoms. The van der Waals surface area contributed by atoms with Crippen LogP contribution in [0.5, 0.6) is 11.5 Å². The first kappa shape index (κ1) is 28.5. The van der Waals surface area contributed by atoms with Gasteiger partial charge in [-0.1, -0.05) is 80.1 Å². The van der Waals surface area contributed by atoms with E-state index < -0.39 is 11.6 Å². The van der Waals surface area contributed by atoms with Gasteiger partial charge in [0.1, 0.15) is 17.1 Å². The molecule has 2 rings (SSSR count). The Bertz CT molecular complexity index is 810. The fourth-order valence-electron chi connectivity index (χ4n) is 5.45. The highest BCUT2D eigenvalue weighted by atomic mass is 16.5. The molecule has 2 unspecified atom stereocenters. The molecule has 0 saturated heterocycles. The molecule has 0 radical (unpaired) electrons. The molecular formula is C30H50O4. The molecule has 4 heteroatoms. The number of rotatable bonds is 14. The second-order valence-electron chi connectivity index (χ2n) is 11.8. The number of unbranched alkanes of at least 4 members (excludes halogenated alkanes) is 5. The lowest BCUT2D eigenvalue weighted by Crippen LogP contribution is -2.44. The van der Waals surface area contributed by atoms with Gasteiger partial charge in [0.25, 0.3) is 0 Å². The zero-order valence-corrected chi connectivity index (χ0v) is 23.2. The first-order chi connectivity index (χ1) is 15.9. The minimum atomic E-state index is -1.20. The standard InChI is InChI=1S/C30H50O4/c1-9-12-14-16-18-30(11-3,27(31)32)34-26-19-23-22(4)21-29(7,8)33-25(23)20-24(26)28(5,6)17-15-13-10-2/h19-20,22H,9-18,21H2,1-8H3,(H,31,32). The number of fused-ring (bicyclic) bond motifs is 1. The van der Waals surface area contributed by atoms with Crippen LogP contribution in [0.2, 0.25) is 0 Å². The third-order valence-electron chi connectivity index (χ3n) is 7.66. The quantitative estimate of drug-likeness (QED) is 0.274. The van der Waals surface area contributed by atoms with E-state index in [2.05, 4.69) is 60.6 Å². The molecule has 1 aromatic carbocycles. The summed E-state index contributed by atoms with van der Waals surface area (Å²) in [5, 5.41) is 10.3. The third-order valence-corrected chi connectivity index (χ3v) is 7.66. The normalized spacial score (nSPS) is 19.1. The lowest BCUT2D eigenvalue weighted by molar-refractivity contribution is -0.156. The van der Waals surface area contributed by atoms with Crippen LogP contribution < -0.4 is 9.47 Å². The van der Waals surface area contributed by atoms with Crippen molar-refractivity contribution in [2.24, 2.45) is 0 Å². The first-order valence-electron chi connectivity index (χ1n) is 13.7. The summed E-state index contributed by atoms with van der Waals surface area (Å²) >= 11 is 0. The summed E-state index contributed by atoms with van der Waals surface area (Å²) in [5.74, 6) is 1.12. The minimum absolute atomic E-state index is 0.145. The summed E-state index contributed by atoms with van der Waals surface area (Å²) in [6.45, 7) is 17.4. The van der Waals surface area contributed by atoms with Crippen molar-refractivity contribution in [1.29, 1.82) is 0 Å². The van der Waals surface area contributed by atoms with Crippen LogP contribution in [-0.2, 0) is 10.2 Å². The van der Waals surface area contributed by atoms with Crippen LogP contribution in [0.4, 0.5) is 0 Å². The number of carboxylic acids is 1. The lowest BCUT2D eigenvalue weighted by Gasteiger charge is -2.39. The molecule has 0 saturated carbocycles. The summed E-state index contributed by atoms with van der Waals surface area (Å²) in [6.07, 6.45) is 10.6. The smallest absolute Gasteiger partial charge is 0.348 e. The molecule has 4 nitrogen and oxygen atoms in total. The van der Waals surface area contributed by atoms with Gasteiger partial charge in [-0.2, -0.15) is 0 Å². The van der Waals surface area contributed by atoms with Crippen molar-refractivity contribution in [3.63, 3.8) is 0 Å². The largest absolute Gasteiger partial charge is 0.488 e. The van der Waals surface area contributed by atoms with Crippen molar-refractivity contribution in [3.8, 4) is 11.5 Å². The van der Waals surface area contributed by atoms with Gasteiger partial charge in [0.2, 0.25) is 5.60 Å². The van der Waals surface area contributed by atoms with Crippen LogP contribution >= 0.6 is 0 Å². The molecule has 0 aliphatic carbocycles. The Labute approximate surface area is 208 Å². The Hall–Kier alpha value is -1.71. The van der Waals surface area contributed by atoms with Gasteiger partial charge >= 0.3 is 5.97 Å². The third kappa shape index (κ3) is 6.92. The average Bonchev–Trinajstić information content (AvgIpc) is 2.75. The number of hydrogen-bond acceptors (Lipinski definition) is 3. The van der Waals surface area contributed by atoms with Crippen molar-refractivity contribution >= 4 is 5.97 Å². The van der Waals surface area contributed by atoms with Gasteiger partial charge in [0.15, 0.2) is 0 Å². The Balaban J connectivity index is 2.54. The predicted molar refractivity (Wildman–Crippen MR) is 141 cm³/mol. The van der Waals surface area contributed by atoms with E-state index in [1.165, 1.54) is 12.8 Å². The van der Waals surface area contributed by atoms with Crippen molar-refractivity contribution < 1.29 is 19.4 Å². The van der Waals surface area contributed by atoms with E-state index in [-0.39, 0.29) is 11.0 Å². The Kier molecular flexibility index (Phi) is 9.91. The van der Waals surface area contributed by atoms with Crippen molar-refractivity contribution in [3.05, 3.63) is 23.3 Å². The van der Waals surface area contributed by atoms with Gasteiger partial charge in [-0.05, 0) is 69.4 Å². The summed E-state index contributed by atoms with van der Waals surface area (Å²) in [7, 11) is 0. The van der Waals surface area contributed by atoms with E-state index in [0.29, 0.717) is 18.8 Å². The summed E-state index contributed by atoms with van der Waals surface area (Å²) in [6, 6.07) is 4.26. The fraction of sp³-hybridized carbons (Fsp3) is 0.767. The second-order valence-corrected chi connectivity index (χ2v) is 11.8. The number of hydrogen-bond donors (Lipinski definition) is 1. The van der Waals surface area contributed by atoms with Crippen molar-refractivity contribution in [2.75, 3.05) is 0 Å². The van der Waals surface area contributed by atoms with Crippen LogP contribution in [0.3, 0.4) is 0 Å².